The van der Waals surface area contributed by atoms with Crippen LogP contribution in [0.2, 0.25) is 5.02 Å². The molecular formula is C22H17ClF10N6O4S. The number of nitrogens with zero attached hydrogens (tertiary/aromatic N) is 6. The summed E-state index contributed by atoms with van der Waals surface area (Å²) in [5, 5.41) is -0.664. The lowest BCUT2D eigenvalue weighted by Crippen LogP contribution is -2.60. The number of hydrogen-bond donors (Lipinski definition) is 0. The molecule has 1 saturated carbocycles. The van der Waals surface area contributed by atoms with Crippen molar-refractivity contribution < 1.29 is 61.3 Å². The Hall–Kier alpha value is -3.62. The van der Waals surface area contributed by atoms with Crippen LogP contribution < -0.4 is 4.18 Å². The molecule has 0 saturated heterocycles. The molecule has 1 aliphatic carbocycles. The summed E-state index contributed by atoms with van der Waals surface area (Å²) in [5.41, 5.74) is -2.45. The van der Waals surface area contributed by atoms with Crippen LogP contribution in [0.4, 0.5) is 43.9 Å². The molecule has 1 fully saturated rings. The van der Waals surface area contributed by atoms with Crippen LogP contribution in [0.3, 0.4) is 0 Å². The van der Waals surface area contributed by atoms with Gasteiger partial charge in [-0.1, -0.05) is 11.6 Å². The van der Waals surface area contributed by atoms with Crippen LogP contribution >= 0.6 is 11.6 Å². The van der Waals surface area contributed by atoms with Crippen molar-refractivity contribution in [2.75, 3.05) is 6.54 Å². The van der Waals surface area contributed by atoms with E-state index in [-0.39, 0.29) is 32.4 Å². The third kappa shape index (κ3) is 5.54. The van der Waals surface area contributed by atoms with E-state index in [1.807, 2.05) is 0 Å². The van der Waals surface area contributed by atoms with Crippen molar-refractivity contribution >= 4 is 27.6 Å². The Bertz CT molecular complexity index is 1680. The highest BCUT2D eigenvalue weighted by Crippen LogP contribution is 2.51. The number of rotatable bonds is 8. The lowest BCUT2D eigenvalue weighted by atomic mass is 10.1. The molecule has 0 N–H and O–H groups in total. The number of aryl methyl sites for hydroxylation is 1. The number of aromatic nitrogens is 5. The Morgan fingerprint density at radius 2 is 1.64 bits per heavy atom. The van der Waals surface area contributed by atoms with Crippen molar-refractivity contribution in [3.63, 3.8) is 0 Å². The van der Waals surface area contributed by atoms with Gasteiger partial charge in [0.25, 0.3) is 11.8 Å². The quantitative estimate of drug-likeness (QED) is 0.229. The van der Waals surface area contributed by atoms with Gasteiger partial charge in [0.15, 0.2) is 11.4 Å². The van der Waals surface area contributed by atoms with E-state index in [0.29, 0.717) is 18.3 Å². The van der Waals surface area contributed by atoms with Gasteiger partial charge in [-0.3, -0.25) is 9.78 Å². The number of carbonyl (C=O) groups excluding carboxylic acids is 1. The van der Waals surface area contributed by atoms with Crippen molar-refractivity contribution in [1.82, 2.24) is 29.4 Å². The number of alkyl halides is 10. The fourth-order valence-corrected chi connectivity index (χ4v) is 5.44. The first-order chi connectivity index (χ1) is 20.1. The largest absolute Gasteiger partial charge is 0.450 e. The molecule has 3 heterocycles. The molecule has 1 aliphatic rings. The zero-order valence-electron chi connectivity index (χ0n) is 21.9. The van der Waals surface area contributed by atoms with Gasteiger partial charge in [-0.15, -0.1) is 5.10 Å². The molecule has 22 heteroatoms. The first-order valence-electron chi connectivity index (χ1n) is 12.0. The Morgan fingerprint density at radius 1 is 1.05 bits per heavy atom. The van der Waals surface area contributed by atoms with Gasteiger partial charge >= 0.3 is 33.6 Å². The van der Waals surface area contributed by atoms with Gasteiger partial charge in [-0.05, 0) is 19.8 Å². The second-order valence-electron chi connectivity index (χ2n) is 9.30. The van der Waals surface area contributed by atoms with Crippen molar-refractivity contribution in [1.29, 1.82) is 0 Å². The SMILES string of the molecule is CCN(C(=O)c1cncc(-c2cnn(-c3c(C(F)(F)F)c(OS(=O)(=O)C(F)(C(F)(F)F)C(F)(F)F)nn3C)c2)c1Cl)C1CC1. The third-order valence-electron chi connectivity index (χ3n) is 6.34. The summed E-state index contributed by atoms with van der Waals surface area (Å²) in [6.45, 7) is 2.08. The van der Waals surface area contributed by atoms with Gasteiger partial charge in [0, 0.05) is 49.4 Å². The van der Waals surface area contributed by atoms with Crippen molar-refractivity contribution in [2.24, 2.45) is 7.05 Å². The average molecular weight is 687 g/mol. The van der Waals surface area contributed by atoms with E-state index in [4.69, 9.17) is 11.6 Å². The first kappa shape index (κ1) is 33.3. The topological polar surface area (TPSA) is 112 Å². The summed E-state index contributed by atoms with van der Waals surface area (Å²) in [4.78, 5) is 18.5. The van der Waals surface area contributed by atoms with Crippen LogP contribution in [0.1, 0.15) is 35.7 Å². The Labute approximate surface area is 245 Å². The highest BCUT2D eigenvalue weighted by atomic mass is 35.5. The van der Waals surface area contributed by atoms with E-state index in [1.54, 1.807) is 11.8 Å². The molecule has 10 nitrogen and oxygen atoms in total. The minimum absolute atomic E-state index is 0.00403. The summed E-state index contributed by atoms with van der Waals surface area (Å²) >= 11 is 6.42. The molecule has 4 rings (SSSR count). The number of halogens is 11. The van der Waals surface area contributed by atoms with Gasteiger partial charge in [0.1, 0.15) is 0 Å². The van der Waals surface area contributed by atoms with E-state index < -0.39 is 56.8 Å². The number of pyridine rings is 1. The minimum atomic E-state index is -7.61. The fraction of sp³-hybridized carbons (Fsp3) is 0.455. The van der Waals surface area contributed by atoms with Gasteiger partial charge in [0.2, 0.25) is 0 Å². The molecule has 3 aromatic rings. The van der Waals surface area contributed by atoms with E-state index in [1.165, 1.54) is 6.20 Å². The average Bonchev–Trinajstić information content (AvgIpc) is 3.49. The number of amides is 1. The molecule has 0 unspecified atom stereocenters. The van der Waals surface area contributed by atoms with E-state index >= 15 is 0 Å². The fourth-order valence-electron chi connectivity index (χ4n) is 4.15. The zero-order chi connectivity index (χ0) is 33.2. The molecule has 0 atom stereocenters. The molecular weight excluding hydrogens is 670 g/mol. The van der Waals surface area contributed by atoms with Crippen LogP contribution in [0.25, 0.3) is 16.9 Å². The highest BCUT2D eigenvalue weighted by molar-refractivity contribution is 7.88. The second kappa shape index (κ2) is 10.8. The Morgan fingerprint density at radius 3 is 2.14 bits per heavy atom. The van der Waals surface area contributed by atoms with Gasteiger partial charge < -0.3 is 9.08 Å². The van der Waals surface area contributed by atoms with Crippen LogP contribution in [0.5, 0.6) is 5.88 Å². The maximum absolute atomic E-state index is 14.2. The number of hydrogen-bond acceptors (Lipinski definition) is 7. The molecule has 3 aromatic heterocycles. The summed E-state index contributed by atoms with van der Waals surface area (Å²) in [6, 6.07) is -0.00403. The van der Waals surface area contributed by atoms with Crippen LogP contribution in [0, 0.1) is 0 Å². The molecule has 0 aliphatic heterocycles. The zero-order valence-corrected chi connectivity index (χ0v) is 23.5. The Kier molecular flexibility index (Phi) is 8.15. The molecule has 0 radical (unpaired) electrons. The summed E-state index contributed by atoms with van der Waals surface area (Å²) in [7, 11) is -6.92. The van der Waals surface area contributed by atoms with Crippen LogP contribution in [-0.2, 0) is 23.3 Å². The van der Waals surface area contributed by atoms with Crippen molar-refractivity contribution in [3.05, 3.63) is 40.9 Å². The smallest absolute Gasteiger partial charge is 0.356 e. The van der Waals surface area contributed by atoms with E-state index in [2.05, 4.69) is 19.4 Å². The summed E-state index contributed by atoms with van der Waals surface area (Å²) in [5.74, 6) is -4.09. The normalized spacial score (nSPS) is 15.0. The van der Waals surface area contributed by atoms with Gasteiger partial charge in [0.05, 0.1) is 16.8 Å². The highest BCUT2D eigenvalue weighted by Gasteiger charge is 2.82. The first-order valence-corrected chi connectivity index (χ1v) is 13.8. The summed E-state index contributed by atoms with van der Waals surface area (Å²) in [6.07, 6.45) is -14.6. The molecule has 0 spiro atoms. The van der Waals surface area contributed by atoms with E-state index in [9.17, 15) is 57.1 Å². The standard InChI is InChI=1S/C22H17ClF10N6O4S/c1-3-38(11-4-5-11)18(40)13-8-34-7-12(15(13)23)10-6-35-39(9-10)17-14(19(24,25)26)16(36-37(17)2)43-44(41,42)20(27,21(28,29)30)22(31,32)33/h6-9,11H,3-5H2,1-2H3. The number of carbonyl (C=O) groups is 1. The van der Waals surface area contributed by atoms with Crippen molar-refractivity contribution in [3.8, 4) is 22.8 Å². The summed E-state index contributed by atoms with van der Waals surface area (Å²) < 4.78 is 162. The van der Waals surface area contributed by atoms with Crippen LogP contribution in [0.15, 0.2) is 24.8 Å². The predicted octanol–water partition coefficient (Wildman–Crippen LogP) is 5.46. The molecule has 1 amide bonds. The third-order valence-corrected chi connectivity index (χ3v) is 8.28. The van der Waals surface area contributed by atoms with E-state index in [0.717, 1.165) is 31.4 Å². The van der Waals surface area contributed by atoms with Crippen LogP contribution in [-0.4, -0.2) is 73.7 Å². The molecule has 0 bridgehead atoms. The van der Waals surface area contributed by atoms with Crippen molar-refractivity contribution in [2.45, 2.75) is 49.3 Å². The monoisotopic (exact) mass is 686 g/mol. The maximum atomic E-state index is 14.2. The van der Waals surface area contributed by atoms with Gasteiger partial charge in [-0.25, -0.2) is 13.8 Å². The molecule has 0 aromatic carbocycles. The molecule has 44 heavy (non-hydrogen) atoms. The Balaban J connectivity index is 1.80. The second-order valence-corrected chi connectivity index (χ2v) is 11.3. The maximum Gasteiger partial charge on any atom is 0.450 e. The minimum Gasteiger partial charge on any atom is -0.356 e. The molecule has 242 valence electrons. The van der Waals surface area contributed by atoms with Gasteiger partial charge in [-0.2, -0.15) is 53.0 Å². The predicted molar refractivity (Wildman–Crippen MR) is 129 cm³/mol. The lowest BCUT2D eigenvalue weighted by molar-refractivity contribution is -0.307. The lowest BCUT2D eigenvalue weighted by Gasteiger charge is -2.28.